The number of carbonyl (C=O) groups is 2. The lowest BCUT2D eigenvalue weighted by Gasteiger charge is -2.21. The van der Waals surface area contributed by atoms with Gasteiger partial charge in [0, 0.05) is 29.6 Å². The molecule has 0 fully saturated rings. The zero-order valence-corrected chi connectivity index (χ0v) is 26.5. The van der Waals surface area contributed by atoms with Crippen LogP contribution in [0.4, 0.5) is 11.4 Å². The van der Waals surface area contributed by atoms with Gasteiger partial charge in [-0.25, -0.2) is 0 Å². The van der Waals surface area contributed by atoms with Crippen LogP contribution in [0.25, 0.3) is 22.0 Å². The van der Waals surface area contributed by atoms with Crippen LogP contribution in [0.2, 0.25) is 0 Å². The Morgan fingerprint density at radius 3 is 2.44 bits per heavy atom. The normalized spacial score (nSPS) is 14.5. The molecule has 1 aliphatic carbocycles. The standard InChI is InChI=1S/C35H40N4O6/c1-19(2)16-29(35(42)39-26-9-7-8-25-23(26)14-15-36-25)38-28-13-11-22-24(18-30(28)41)27(37-20(3)40)12-10-21-17-31(43-4)33(44-5)34(45-6)32(21)22/h7-9,11,13-15,17-19,27,29,36H,10,12,16H2,1-6H3,(H,37,40)(H,38,41)(H,39,42)/t27-,29+/m0/s1. The summed E-state index contributed by atoms with van der Waals surface area (Å²) in [4.78, 5) is 43.0. The van der Waals surface area contributed by atoms with E-state index < -0.39 is 12.1 Å². The van der Waals surface area contributed by atoms with E-state index in [0.29, 0.717) is 53.3 Å². The van der Waals surface area contributed by atoms with Crippen molar-refractivity contribution in [3.05, 3.63) is 76.1 Å². The third-order valence-corrected chi connectivity index (χ3v) is 8.12. The Morgan fingerprint density at radius 2 is 1.76 bits per heavy atom. The second kappa shape index (κ2) is 13.3. The van der Waals surface area contributed by atoms with Gasteiger partial charge in [0.2, 0.25) is 23.0 Å². The van der Waals surface area contributed by atoms with Crippen molar-refractivity contribution in [2.24, 2.45) is 5.92 Å². The highest BCUT2D eigenvalue weighted by molar-refractivity contribution is 6.04. The lowest BCUT2D eigenvalue weighted by atomic mass is 9.95. The molecule has 2 amide bonds. The van der Waals surface area contributed by atoms with Crippen LogP contribution in [0.15, 0.2) is 59.5 Å². The molecule has 45 heavy (non-hydrogen) atoms. The fourth-order valence-electron chi connectivity index (χ4n) is 6.13. The van der Waals surface area contributed by atoms with Gasteiger partial charge in [0.15, 0.2) is 11.5 Å². The molecule has 10 heteroatoms. The SMILES string of the molecule is COc1cc2c(c(OC)c1OC)-c1ccc(N[C@H](CC(C)C)C(=O)Nc3cccc4[nH]ccc34)c(=O)cc1[C@@H](NC(C)=O)CC2. The van der Waals surface area contributed by atoms with Gasteiger partial charge in [-0.1, -0.05) is 26.0 Å². The van der Waals surface area contributed by atoms with Gasteiger partial charge in [-0.2, -0.15) is 0 Å². The minimum atomic E-state index is -0.688. The first-order chi connectivity index (χ1) is 21.6. The first-order valence-electron chi connectivity index (χ1n) is 15.1. The predicted molar refractivity (Wildman–Crippen MR) is 176 cm³/mol. The molecular weight excluding hydrogens is 572 g/mol. The molecule has 1 aromatic heterocycles. The molecule has 3 aromatic carbocycles. The van der Waals surface area contributed by atoms with E-state index in [1.54, 1.807) is 33.5 Å². The third-order valence-electron chi connectivity index (χ3n) is 8.12. The van der Waals surface area contributed by atoms with Crippen LogP contribution in [0, 0.1) is 5.92 Å². The van der Waals surface area contributed by atoms with Crippen molar-refractivity contribution in [2.45, 2.75) is 52.1 Å². The Labute approximate surface area is 262 Å². The number of amides is 2. The maximum absolute atomic E-state index is 13.9. The lowest BCUT2D eigenvalue weighted by molar-refractivity contribution is -0.120. The van der Waals surface area contributed by atoms with Crippen molar-refractivity contribution in [1.82, 2.24) is 10.3 Å². The van der Waals surface area contributed by atoms with E-state index in [0.717, 1.165) is 22.0 Å². The number of fused-ring (bicyclic) bond motifs is 4. The fraction of sp³-hybridized carbons (Fsp3) is 0.343. The number of hydrogen-bond acceptors (Lipinski definition) is 7. The van der Waals surface area contributed by atoms with Crippen LogP contribution in [-0.4, -0.2) is 44.2 Å². The molecule has 236 valence electrons. The van der Waals surface area contributed by atoms with Crippen molar-refractivity contribution in [3.63, 3.8) is 0 Å². The Morgan fingerprint density at radius 1 is 0.978 bits per heavy atom. The van der Waals surface area contributed by atoms with E-state index in [1.165, 1.54) is 6.92 Å². The number of aromatic amines is 1. The van der Waals surface area contributed by atoms with E-state index in [9.17, 15) is 14.4 Å². The van der Waals surface area contributed by atoms with Crippen molar-refractivity contribution >= 4 is 34.1 Å². The van der Waals surface area contributed by atoms with Gasteiger partial charge in [0.1, 0.15) is 6.04 Å². The van der Waals surface area contributed by atoms with E-state index in [-0.39, 0.29) is 28.8 Å². The van der Waals surface area contributed by atoms with Crippen LogP contribution < -0.4 is 35.6 Å². The second-order valence-electron chi connectivity index (χ2n) is 11.7. The van der Waals surface area contributed by atoms with E-state index in [1.807, 2.05) is 56.4 Å². The Kier molecular flexibility index (Phi) is 9.32. The molecule has 0 radical (unpaired) electrons. The van der Waals surface area contributed by atoms with Gasteiger partial charge in [0.25, 0.3) is 0 Å². The van der Waals surface area contributed by atoms with Crippen molar-refractivity contribution in [2.75, 3.05) is 32.0 Å². The average Bonchev–Trinajstić information content (AvgIpc) is 3.38. The predicted octanol–water partition coefficient (Wildman–Crippen LogP) is 5.81. The summed E-state index contributed by atoms with van der Waals surface area (Å²) >= 11 is 0. The monoisotopic (exact) mass is 612 g/mol. The number of anilines is 2. The number of methoxy groups -OCH3 is 3. The van der Waals surface area contributed by atoms with Crippen molar-refractivity contribution < 1.29 is 23.8 Å². The fourth-order valence-corrected chi connectivity index (χ4v) is 6.13. The molecule has 5 rings (SSSR count). The maximum atomic E-state index is 13.9. The quantitative estimate of drug-likeness (QED) is 0.178. The Hall–Kier alpha value is -4.99. The molecule has 0 spiro atoms. The number of nitrogens with one attached hydrogen (secondary N) is 4. The molecule has 0 unspecified atom stereocenters. The molecule has 0 saturated carbocycles. The number of aromatic nitrogens is 1. The number of carbonyl (C=O) groups excluding carboxylic acids is 2. The van der Waals surface area contributed by atoms with Gasteiger partial charge in [-0.3, -0.25) is 14.4 Å². The highest BCUT2D eigenvalue weighted by Gasteiger charge is 2.30. The van der Waals surface area contributed by atoms with Gasteiger partial charge < -0.3 is 35.1 Å². The smallest absolute Gasteiger partial charge is 0.246 e. The highest BCUT2D eigenvalue weighted by Crippen LogP contribution is 2.50. The van der Waals surface area contributed by atoms with Crippen LogP contribution >= 0.6 is 0 Å². The molecule has 2 atom stereocenters. The van der Waals surface area contributed by atoms with E-state index in [4.69, 9.17) is 14.2 Å². The van der Waals surface area contributed by atoms with Crippen LogP contribution in [0.5, 0.6) is 17.2 Å². The molecule has 4 N–H and O–H groups in total. The lowest BCUT2D eigenvalue weighted by Crippen LogP contribution is -2.37. The molecule has 10 nitrogen and oxygen atoms in total. The number of benzene rings is 2. The molecular formula is C35H40N4O6. The van der Waals surface area contributed by atoms with Gasteiger partial charge in [-0.15, -0.1) is 0 Å². The molecule has 0 bridgehead atoms. The molecule has 0 saturated heterocycles. The number of ether oxygens (including phenoxy) is 3. The van der Waals surface area contributed by atoms with Crippen LogP contribution in [-0.2, 0) is 16.0 Å². The molecule has 1 heterocycles. The molecule has 1 aliphatic rings. The minimum absolute atomic E-state index is 0.170. The highest BCUT2D eigenvalue weighted by atomic mass is 16.5. The summed E-state index contributed by atoms with van der Waals surface area (Å²) in [6.07, 6.45) is 3.47. The molecule has 4 aromatic rings. The van der Waals surface area contributed by atoms with E-state index in [2.05, 4.69) is 20.9 Å². The number of aryl methyl sites for hydroxylation is 1. The Bertz CT molecular complexity index is 1800. The first kappa shape index (κ1) is 31.4. The van der Waals surface area contributed by atoms with Gasteiger partial charge >= 0.3 is 0 Å². The summed E-state index contributed by atoms with van der Waals surface area (Å²) in [7, 11) is 4.67. The number of H-pyrrole nitrogens is 1. The Balaban J connectivity index is 1.61. The zero-order valence-electron chi connectivity index (χ0n) is 26.5. The summed E-state index contributed by atoms with van der Waals surface area (Å²) in [5.74, 6) is 1.15. The maximum Gasteiger partial charge on any atom is 0.246 e. The number of hydrogen-bond donors (Lipinski definition) is 4. The van der Waals surface area contributed by atoms with Crippen molar-refractivity contribution in [3.8, 4) is 28.4 Å². The summed E-state index contributed by atoms with van der Waals surface area (Å²) in [5.41, 5.74) is 4.63. The van der Waals surface area contributed by atoms with Crippen LogP contribution in [0.3, 0.4) is 0 Å². The second-order valence-corrected chi connectivity index (χ2v) is 11.7. The minimum Gasteiger partial charge on any atom is -0.493 e. The largest absolute Gasteiger partial charge is 0.493 e. The number of rotatable bonds is 10. The zero-order chi connectivity index (χ0) is 32.2. The average molecular weight is 613 g/mol. The molecule has 0 aliphatic heterocycles. The van der Waals surface area contributed by atoms with Gasteiger partial charge in [-0.05, 0) is 78.3 Å². The van der Waals surface area contributed by atoms with E-state index >= 15 is 0 Å². The summed E-state index contributed by atoms with van der Waals surface area (Å²) in [6.45, 7) is 5.52. The van der Waals surface area contributed by atoms with Gasteiger partial charge in [0.05, 0.1) is 38.7 Å². The summed E-state index contributed by atoms with van der Waals surface area (Å²) < 4.78 is 17.2. The third kappa shape index (κ3) is 6.45. The van der Waals surface area contributed by atoms with Crippen LogP contribution in [0.1, 0.15) is 50.8 Å². The van der Waals surface area contributed by atoms with Crippen molar-refractivity contribution in [1.29, 1.82) is 0 Å². The summed E-state index contributed by atoms with van der Waals surface area (Å²) in [5, 5.41) is 10.2. The first-order valence-corrected chi connectivity index (χ1v) is 15.1. The topological polar surface area (TPSA) is 131 Å². The summed E-state index contributed by atoms with van der Waals surface area (Å²) in [6, 6.07) is 13.5.